The standard InChI is InChI=1S/C15H12F3NO2/c16-15(17,18)21-13-6-2-4-11(9-13)14(20)8-10-3-1-5-12(19)7-10/h1-7,9H,8,19H2. The highest BCUT2D eigenvalue weighted by molar-refractivity contribution is 5.97. The Labute approximate surface area is 119 Å². The Morgan fingerprint density at radius 3 is 2.48 bits per heavy atom. The fraction of sp³-hybridized carbons (Fsp3) is 0.133. The lowest BCUT2D eigenvalue weighted by atomic mass is 10.0. The molecule has 0 amide bonds. The number of ether oxygens (including phenoxy) is 1. The van der Waals surface area contributed by atoms with Gasteiger partial charge < -0.3 is 10.5 Å². The highest BCUT2D eigenvalue weighted by Crippen LogP contribution is 2.24. The number of nitrogens with two attached hydrogens (primary N) is 1. The van der Waals surface area contributed by atoms with E-state index < -0.39 is 12.1 Å². The summed E-state index contributed by atoms with van der Waals surface area (Å²) >= 11 is 0. The van der Waals surface area contributed by atoms with Gasteiger partial charge in [-0.1, -0.05) is 24.3 Å². The van der Waals surface area contributed by atoms with Crippen molar-refractivity contribution in [3.63, 3.8) is 0 Å². The van der Waals surface area contributed by atoms with Gasteiger partial charge >= 0.3 is 6.36 Å². The zero-order valence-electron chi connectivity index (χ0n) is 10.9. The van der Waals surface area contributed by atoms with Crippen molar-refractivity contribution in [3.8, 4) is 5.75 Å². The van der Waals surface area contributed by atoms with E-state index in [1.807, 2.05) is 0 Å². The Kier molecular flexibility index (Phi) is 4.16. The highest BCUT2D eigenvalue weighted by Gasteiger charge is 2.31. The molecular weight excluding hydrogens is 283 g/mol. The summed E-state index contributed by atoms with van der Waals surface area (Å²) < 4.78 is 40.2. The van der Waals surface area contributed by atoms with Crippen LogP contribution < -0.4 is 10.5 Å². The maximum Gasteiger partial charge on any atom is 0.573 e. The molecule has 0 aliphatic rings. The van der Waals surface area contributed by atoms with Gasteiger partial charge in [0.25, 0.3) is 0 Å². The van der Waals surface area contributed by atoms with Crippen LogP contribution in [0.25, 0.3) is 0 Å². The highest BCUT2D eigenvalue weighted by atomic mass is 19.4. The van der Waals surface area contributed by atoms with E-state index >= 15 is 0 Å². The number of Topliss-reactive ketones (excluding diaryl/α,β-unsaturated/α-hetero) is 1. The van der Waals surface area contributed by atoms with E-state index in [1.165, 1.54) is 12.1 Å². The lowest BCUT2D eigenvalue weighted by Gasteiger charge is -2.09. The summed E-state index contributed by atoms with van der Waals surface area (Å²) in [6, 6.07) is 11.8. The molecule has 21 heavy (non-hydrogen) atoms. The Balaban J connectivity index is 2.14. The average molecular weight is 295 g/mol. The van der Waals surface area contributed by atoms with Crippen LogP contribution in [0.5, 0.6) is 5.75 Å². The molecule has 2 aromatic carbocycles. The molecule has 0 atom stereocenters. The second kappa shape index (κ2) is 5.87. The van der Waals surface area contributed by atoms with Crippen LogP contribution in [-0.4, -0.2) is 12.1 Å². The van der Waals surface area contributed by atoms with Crippen molar-refractivity contribution >= 4 is 11.5 Å². The van der Waals surface area contributed by atoms with Crippen molar-refractivity contribution in [2.24, 2.45) is 0 Å². The number of carbonyl (C=O) groups excluding carboxylic acids is 1. The molecular formula is C15H12F3NO2. The van der Waals surface area contributed by atoms with Gasteiger partial charge in [0.2, 0.25) is 0 Å². The lowest BCUT2D eigenvalue weighted by Crippen LogP contribution is -2.17. The molecule has 0 spiro atoms. The first-order valence-electron chi connectivity index (χ1n) is 6.07. The first kappa shape index (κ1) is 14.9. The number of ketones is 1. The van der Waals surface area contributed by atoms with E-state index in [1.54, 1.807) is 24.3 Å². The molecule has 0 unspecified atom stereocenters. The maximum atomic E-state index is 12.1. The van der Waals surface area contributed by atoms with Crippen LogP contribution in [0.15, 0.2) is 48.5 Å². The van der Waals surface area contributed by atoms with E-state index in [0.29, 0.717) is 11.3 Å². The van der Waals surface area contributed by atoms with Crippen LogP contribution >= 0.6 is 0 Å². The molecule has 0 fully saturated rings. The number of carbonyl (C=O) groups is 1. The predicted octanol–water partition coefficient (Wildman–Crippen LogP) is 3.59. The van der Waals surface area contributed by atoms with Gasteiger partial charge in [-0.2, -0.15) is 0 Å². The molecule has 0 aliphatic heterocycles. The number of halogens is 3. The Morgan fingerprint density at radius 2 is 1.81 bits per heavy atom. The first-order chi connectivity index (χ1) is 9.83. The Bertz CT molecular complexity index is 653. The van der Waals surface area contributed by atoms with Gasteiger partial charge in [-0.15, -0.1) is 13.2 Å². The molecule has 0 aromatic heterocycles. The summed E-state index contributed by atoms with van der Waals surface area (Å²) in [7, 11) is 0. The second-order valence-corrected chi connectivity index (χ2v) is 4.42. The molecule has 3 nitrogen and oxygen atoms in total. The fourth-order valence-electron chi connectivity index (χ4n) is 1.86. The Morgan fingerprint density at radius 1 is 1.10 bits per heavy atom. The van der Waals surface area contributed by atoms with E-state index in [0.717, 1.165) is 12.1 Å². The third kappa shape index (κ3) is 4.52. The van der Waals surface area contributed by atoms with Crippen LogP contribution in [-0.2, 0) is 6.42 Å². The largest absolute Gasteiger partial charge is 0.573 e. The molecule has 0 heterocycles. The van der Waals surface area contributed by atoms with Crippen LogP contribution in [0.4, 0.5) is 18.9 Å². The quantitative estimate of drug-likeness (QED) is 0.692. The van der Waals surface area contributed by atoms with E-state index in [2.05, 4.69) is 4.74 Å². The fourth-order valence-corrected chi connectivity index (χ4v) is 1.86. The van der Waals surface area contributed by atoms with Gasteiger partial charge in [-0.25, -0.2) is 0 Å². The van der Waals surface area contributed by atoms with Crippen molar-refractivity contribution in [3.05, 3.63) is 59.7 Å². The monoisotopic (exact) mass is 295 g/mol. The molecule has 0 radical (unpaired) electrons. The number of anilines is 1. The van der Waals surface area contributed by atoms with Crippen molar-refractivity contribution < 1.29 is 22.7 Å². The molecule has 6 heteroatoms. The number of benzene rings is 2. The van der Waals surface area contributed by atoms with Gasteiger partial charge in [0.05, 0.1) is 0 Å². The van der Waals surface area contributed by atoms with Crippen LogP contribution in [0.1, 0.15) is 15.9 Å². The minimum atomic E-state index is -4.78. The minimum absolute atomic E-state index is 0.0561. The summed E-state index contributed by atoms with van der Waals surface area (Å²) in [5.41, 5.74) is 6.98. The summed E-state index contributed by atoms with van der Waals surface area (Å²) in [5.74, 6) is -0.728. The third-order valence-corrected chi connectivity index (χ3v) is 2.71. The van der Waals surface area contributed by atoms with E-state index in [9.17, 15) is 18.0 Å². The van der Waals surface area contributed by atoms with Gasteiger partial charge in [0.15, 0.2) is 5.78 Å². The molecule has 0 bridgehead atoms. The normalized spacial score (nSPS) is 11.2. The molecule has 2 aromatic rings. The van der Waals surface area contributed by atoms with Crippen molar-refractivity contribution in [2.45, 2.75) is 12.8 Å². The number of alkyl halides is 3. The predicted molar refractivity (Wildman–Crippen MR) is 72.0 cm³/mol. The zero-order valence-corrected chi connectivity index (χ0v) is 10.9. The van der Waals surface area contributed by atoms with Gasteiger partial charge in [0, 0.05) is 17.7 Å². The SMILES string of the molecule is Nc1cccc(CC(=O)c2cccc(OC(F)(F)F)c2)c1. The van der Waals surface area contributed by atoms with Crippen molar-refractivity contribution in [1.29, 1.82) is 0 Å². The molecule has 2 rings (SSSR count). The van der Waals surface area contributed by atoms with Gasteiger partial charge in [0.1, 0.15) is 5.75 Å². The first-order valence-corrected chi connectivity index (χ1v) is 6.07. The molecule has 0 saturated heterocycles. The minimum Gasteiger partial charge on any atom is -0.406 e. The number of rotatable bonds is 4. The molecule has 2 N–H and O–H groups in total. The van der Waals surface area contributed by atoms with E-state index in [-0.39, 0.29) is 17.8 Å². The lowest BCUT2D eigenvalue weighted by molar-refractivity contribution is -0.274. The number of nitrogen functional groups attached to an aromatic ring is 1. The van der Waals surface area contributed by atoms with Crippen LogP contribution in [0.2, 0.25) is 0 Å². The second-order valence-electron chi connectivity index (χ2n) is 4.42. The smallest absolute Gasteiger partial charge is 0.406 e. The number of hydrogen-bond acceptors (Lipinski definition) is 3. The molecule has 110 valence electrons. The molecule has 0 aliphatic carbocycles. The summed E-state index contributed by atoms with van der Waals surface area (Å²) in [6.07, 6.45) is -4.73. The summed E-state index contributed by atoms with van der Waals surface area (Å²) in [5, 5.41) is 0. The number of hydrogen-bond donors (Lipinski definition) is 1. The van der Waals surface area contributed by atoms with E-state index in [4.69, 9.17) is 5.73 Å². The zero-order chi connectivity index (χ0) is 15.5. The van der Waals surface area contributed by atoms with Crippen molar-refractivity contribution in [1.82, 2.24) is 0 Å². The van der Waals surface area contributed by atoms with Crippen molar-refractivity contribution in [2.75, 3.05) is 5.73 Å². The maximum absolute atomic E-state index is 12.1. The topological polar surface area (TPSA) is 52.3 Å². The molecule has 0 saturated carbocycles. The van der Waals surface area contributed by atoms with Gasteiger partial charge in [-0.05, 0) is 29.8 Å². The Hall–Kier alpha value is -2.50. The summed E-state index contributed by atoms with van der Waals surface area (Å²) in [4.78, 5) is 12.1. The average Bonchev–Trinajstić information content (AvgIpc) is 2.37. The van der Waals surface area contributed by atoms with Crippen LogP contribution in [0.3, 0.4) is 0 Å². The third-order valence-electron chi connectivity index (χ3n) is 2.71. The van der Waals surface area contributed by atoms with Gasteiger partial charge in [-0.3, -0.25) is 4.79 Å². The van der Waals surface area contributed by atoms with Crippen LogP contribution in [0, 0.1) is 0 Å². The summed E-state index contributed by atoms with van der Waals surface area (Å²) in [6.45, 7) is 0.